The van der Waals surface area contributed by atoms with E-state index in [-0.39, 0.29) is 6.10 Å². The molecule has 5 nitrogen and oxygen atoms in total. The van der Waals surface area contributed by atoms with Crippen LogP contribution in [0.5, 0.6) is 5.75 Å². The van der Waals surface area contributed by atoms with Crippen molar-refractivity contribution in [1.82, 2.24) is 0 Å². The molecule has 0 amide bonds. The summed E-state index contributed by atoms with van der Waals surface area (Å²) in [6.07, 6.45) is -0.818. The Hall–Kier alpha value is -2.11. The summed E-state index contributed by atoms with van der Waals surface area (Å²) in [5.74, 6) is -0.180. The summed E-state index contributed by atoms with van der Waals surface area (Å²) in [5, 5.41) is 0.800. The molecule has 2 atom stereocenters. The van der Waals surface area contributed by atoms with Crippen LogP contribution < -0.4 is 10.4 Å². The van der Waals surface area contributed by atoms with Crippen LogP contribution >= 0.6 is 0 Å². The maximum absolute atomic E-state index is 11.7. The van der Waals surface area contributed by atoms with E-state index in [1.807, 2.05) is 32.9 Å². The molecule has 1 aliphatic rings. The molecular weight excluding hydrogens is 296 g/mol. The second-order valence-electron chi connectivity index (χ2n) is 6.18. The van der Waals surface area contributed by atoms with E-state index < -0.39 is 17.5 Å². The van der Waals surface area contributed by atoms with E-state index >= 15 is 0 Å². The maximum Gasteiger partial charge on any atom is 0.336 e. The van der Waals surface area contributed by atoms with Gasteiger partial charge in [0, 0.05) is 11.5 Å². The van der Waals surface area contributed by atoms with Gasteiger partial charge >= 0.3 is 5.63 Å². The van der Waals surface area contributed by atoms with Gasteiger partial charge in [0.2, 0.25) is 0 Å². The molecule has 1 aromatic carbocycles. The van der Waals surface area contributed by atoms with Gasteiger partial charge in [-0.1, -0.05) is 6.58 Å². The van der Waals surface area contributed by atoms with Crippen LogP contribution in [-0.4, -0.2) is 19.0 Å². The number of hydrogen-bond donors (Lipinski definition) is 0. The van der Waals surface area contributed by atoms with E-state index in [0.717, 1.165) is 11.0 Å². The minimum Gasteiger partial charge on any atom is -0.496 e. The lowest BCUT2D eigenvalue weighted by atomic mass is 9.97. The lowest BCUT2D eigenvalue weighted by Gasteiger charge is -2.20. The van der Waals surface area contributed by atoms with Crippen molar-refractivity contribution in [2.75, 3.05) is 7.11 Å². The molecule has 3 rings (SSSR count). The molecule has 2 aromatic rings. The van der Waals surface area contributed by atoms with Crippen LogP contribution in [0.4, 0.5) is 0 Å². The number of methoxy groups -OCH3 is 1. The molecule has 1 fully saturated rings. The third kappa shape index (κ3) is 2.78. The van der Waals surface area contributed by atoms with Gasteiger partial charge in [-0.15, -0.1) is 0 Å². The van der Waals surface area contributed by atoms with E-state index in [4.69, 9.17) is 18.6 Å². The molecule has 1 aliphatic heterocycles. The fourth-order valence-electron chi connectivity index (χ4n) is 2.92. The van der Waals surface area contributed by atoms with Crippen molar-refractivity contribution in [1.29, 1.82) is 0 Å². The van der Waals surface area contributed by atoms with Crippen molar-refractivity contribution in [3.8, 4) is 5.75 Å². The van der Waals surface area contributed by atoms with Crippen molar-refractivity contribution in [3.05, 3.63) is 52.4 Å². The van der Waals surface area contributed by atoms with Crippen LogP contribution in [0.3, 0.4) is 0 Å². The maximum atomic E-state index is 11.7. The van der Waals surface area contributed by atoms with Gasteiger partial charge in [-0.25, -0.2) is 4.79 Å². The van der Waals surface area contributed by atoms with E-state index in [2.05, 4.69) is 6.58 Å². The topological polar surface area (TPSA) is 57.9 Å². The van der Waals surface area contributed by atoms with E-state index in [1.165, 1.54) is 6.07 Å². The van der Waals surface area contributed by atoms with Gasteiger partial charge in [0.05, 0.1) is 12.7 Å². The first-order valence-corrected chi connectivity index (χ1v) is 7.44. The molecular formula is C18H20O5. The third-order valence-electron chi connectivity index (χ3n) is 3.87. The monoisotopic (exact) mass is 316 g/mol. The van der Waals surface area contributed by atoms with Gasteiger partial charge in [-0.3, -0.25) is 0 Å². The highest BCUT2D eigenvalue weighted by molar-refractivity contribution is 5.82. The molecule has 2 heterocycles. The Kier molecular flexibility index (Phi) is 3.78. The van der Waals surface area contributed by atoms with Gasteiger partial charge in [-0.05, 0) is 44.5 Å². The Morgan fingerprint density at radius 1 is 1.22 bits per heavy atom. The molecule has 0 aliphatic carbocycles. The Balaban J connectivity index is 2.26. The predicted molar refractivity (Wildman–Crippen MR) is 86.6 cm³/mol. The zero-order valence-corrected chi connectivity index (χ0v) is 13.7. The Morgan fingerprint density at radius 3 is 2.57 bits per heavy atom. The Labute approximate surface area is 134 Å². The van der Waals surface area contributed by atoms with Crippen LogP contribution in [0.2, 0.25) is 0 Å². The highest BCUT2D eigenvalue weighted by Gasteiger charge is 2.44. The summed E-state index contributed by atoms with van der Waals surface area (Å²) >= 11 is 0. The molecule has 0 radical (unpaired) electrons. The van der Waals surface area contributed by atoms with Crippen molar-refractivity contribution >= 4 is 11.0 Å². The van der Waals surface area contributed by atoms with E-state index in [0.29, 0.717) is 16.9 Å². The highest BCUT2D eigenvalue weighted by Crippen LogP contribution is 2.46. The van der Waals surface area contributed by atoms with Gasteiger partial charge in [0.1, 0.15) is 23.5 Å². The average Bonchev–Trinajstić information content (AvgIpc) is 2.81. The first-order chi connectivity index (χ1) is 10.8. The normalized spacial score (nSPS) is 23.1. The fraction of sp³-hybridized carbons (Fsp3) is 0.389. The number of rotatable bonds is 3. The lowest BCUT2D eigenvalue weighted by Crippen LogP contribution is -2.21. The summed E-state index contributed by atoms with van der Waals surface area (Å²) in [6, 6.07) is 6.80. The number of fused-ring (bicyclic) bond motifs is 1. The second kappa shape index (κ2) is 5.51. The summed E-state index contributed by atoms with van der Waals surface area (Å²) in [6.45, 7) is 9.57. The van der Waals surface area contributed by atoms with Gasteiger partial charge in [-0.2, -0.15) is 0 Å². The molecule has 23 heavy (non-hydrogen) atoms. The van der Waals surface area contributed by atoms with Gasteiger partial charge < -0.3 is 18.6 Å². The molecule has 122 valence electrons. The zero-order chi connectivity index (χ0) is 16.8. The van der Waals surface area contributed by atoms with Crippen molar-refractivity contribution < 1.29 is 18.6 Å². The standard InChI is InChI=1S/C18H20O5/c1-10(2)15-17(23-18(3,4)22-15)14-12(20-5)8-6-11-7-9-13(19)21-16(11)14/h6-9,15,17H,1H2,2-5H3. The smallest absolute Gasteiger partial charge is 0.336 e. The largest absolute Gasteiger partial charge is 0.496 e. The third-order valence-corrected chi connectivity index (χ3v) is 3.87. The Bertz CT molecular complexity index is 818. The average molecular weight is 316 g/mol. The SMILES string of the molecule is C=C(C)C1OC(C)(C)OC1c1c(OC)ccc2ccc(=O)oc12. The van der Waals surface area contributed by atoms with E-state index in [1.54, 1.807) is 13.2 Å². The first-order valence-electron chi connectivity index (χ1n) is 7.44. The van der Waals surface area contributed by atoms with Crippen LogP contribution in [0.25, 0.3) is 11.0 Å². The predicted octanol–water partition coefficient (Wildman–Crippen LogP) is 3.57. The minimum absolute atomic E-state index is 0.352. The Morgan fingerprint density at radius 2 is 1.91 bits per heavy atom. The summed E-state index contributed by atoms with van der Waals surface area (Å²) < 4.78 is 23.0. The number of benzene rings is 1. The summed E-state index contributed by atoms with van der Waals surface area (Å²) in [5.41, 5.74) is 1.53. The summed E-state index contributed by atoms with van der Waals surface area (Å²) in [4.78, 5) is 11.7. The minimum atomic E-state index is -0.767. The van der Waals surface area contributed by atoms with E-state index in [9.17, 15) is 4.79 Å². The number of hydrogen-bond acceptors (Lipinski definition) is 5. The highest BCUT2D eigenvalue weighted by atomic mass is 16.8. The van der Waals surface area contributed by atoms with Crippen LogP contribution in [0, 0.1) is 0 Å². The van der Waals surface area contributed by atoms with Gasteiger partial charge in [0.25, 0.3) is 0 Å². The van der Waals surface area contributed by atoms with Crippen molar-refractivity contribution in [2.45, 2.75) is 38.8 Å². The molecule has 1 saturated heterocycles. The molecule has 0 N–H and O–H groups in total. The molecule has 0 bridgehead atoms. The molecule has 2 unspecified atom stereocenters. The summed E-state index contributed by atoms with van der Waals surface area (Å²) in [7, 11) is 1.57. The zero-order valence-electron chi connectivity index (χ0n) is 13.7. The number of ether oxygens (including phenoxy) is 3. The molecule has 1 aromatic heterocycles. The lowest BCUT2D eigenvalue weighted by molar-refractivity contribution is -0.144. The molecule has 0 saturated carbocycles. The van der Waals surface area contributed by atoms with Crippen LogP contribution in [-0.2, 0) is 9.47 Å². The van der Waals surface area contributed by atoms with Crippen molar-refractivity contribution in [3.63, 3.8) is 0 Å². The second-order valence-corrected chi connectivity index (χ2v) is 6.18. The first kappa shape index (κ1) is 15.8. The quantitative estimate of drug-likeness (QED) is 0.640. The van der Waals surface area contributed by atoms with Gasteiger partial charge in [0.15, 0.2) is 5.79 Å². The fourth-order valence-corrected chi connectivity index (χ4v) is 2.92. The molecule has 5 heteroatoms. The molecule has 0 spiro atoms. The van der Waals surface area contributed by atoms with Crippen molar-refractivity contribution in [2.24, 2.45) is 0 Å². The van der Waals surface area contributed by atoms with Crippen LogP contribution in [0.15, 0.2) is 45.6 Å². The van der Waals surface area contributed by atoms with Crippen LogP contribution in [0.1, 0.15) is 32.4 Å².